The molecule has 116 valence electrons. The van der Waals surface area contributed by atoms with E-state index in [1.807, 2.05) is 0 Å². The fourth-order valence-corrected chi connectivity index (χ4v) is 1.46. The Kier molecular flexibility index (Phi) is 12.4. The predicted molar refractivity (Wildman–Crippen MR) is 79.9 cm³/mol. The molecule has 0 spiro atoms. The van der Waals surface area contributed by atoms with Crippen LogP contribution in [0.5, 0.6) is 0 Å². The van der Waals surface area contributed by atoms with Crippen LogP contribution in [-0.4, -0.2) is 36.0 Å². The Morgan fingerprint density at radius 1 is 1.35 bits per heavy atom. The lowest BCUT2D eigenvalue weighted by Gasteiger charge is -2.06. The van der Waals surface area contributed by atoms with Crippen LogP contribution in [0.4, 0.5) is 0 Å². The van der Waals surface area contributed by atoms with Gasteiger partial charge in [0.15, 0.2) is 5.76 Å². The molecule has 8 heteroatoms. The third-order valence-electron chi connectivity index (χ3n) is 2.52. The second-order valence-corrected chi connectivity index (χ2v) is 4.02. The highest BCUT2D eigenvalue weighted by atomic mass is 35.5. The average molecular weight is 327 g/mol. The number of carbonyl (C=O) groups excluding carboxylic acids is 1. The number of aliphatic carboxylic acids is 1. The van der Waals surface area contributed by atoms with Gasteiger partial charge >= 0.3 is 5.97 Å². The zero-order valence-electron chi connectivity index (χ0n) is 10.9. The molecule has 0 aliphatic carbocycles. The number of carbonyl (C=O) groups is 2. The molecule has 6 nitrogen and oxygen atoms in total. The van der Waals surface area contributed by atoms with Crippen molar-refractivity contribution in [1.82, 2.24) is 5.32 Å². The SMILES string of the molecule is Cl.Cl.NC(CCCCNCC(=O)c1ccco1)C(=O)O. The van der Waals surface area contributed by atoms with Crippen molar-refractivity contribution in [3.8, 4) is 0 Å². The highest BCUT2D eigenvalue weighted by molar-refractivity contribution is 5.94. The number of rotatable bonds is 9. The van der Waals surface area contributed by atoms with Crippen molar-refractivity contribution in [2.45, 2.75) is 25.3 Å². The van der Waals surface area contributed by atoms with Crippen LogP contribution in [-0.2, 0) is 4.79 Å². The zero-order chi connectivity index (χ0) is 13.4. The minimum atomic E-state index is -0.976. The number of halogens is 2. The molecular formula is C12H20Cl2N2O4. The molecule has 0 saturated carbocycles. The molecule has 0 radical (unpaired) electrons. The van der Waals surface area contributed by atoms with Gasteiger partial charge in [0, 0.05) is 0 Å². The zero-order valence-corrected chi connectivity index (χ0v) is 12.5. The topological polar surface area (TPSA) is 106 Å². The minimum Gasteiger partial charge on any atom is -0.480 e. The van der Waals surface area contributed by atoms with E-state index in [1.54, 1.807) is 12.1 Å². The molecule has 0 aliphatic rings. The summed E-state index contributed by atoms with van der Waals surface area (Å²) in [5.74, 6) is -0.728. The van der Waals surface area contributed by atoms with Crippen molar-refractivity contribution in [3.05, 3.63) is 24.2 Å². The Morgan fingerprint density at radius 2 is 2.05 bits per heavy atom. The van der Waals surface area contributed by atoms with Gasteiger partial charge in [-0.2, -0.15) is 0 Å². The summed E-state index contributed by atoms with van der Waals surface area (Å²) in [5.41, 5.74) is 5.36. The van der Waals surface area contributed by atoms with E-state index >= 15 is 0 Å². The minimum absolute atomic E-state index is 0. The number of nitrogens with two attached hydrogens (primary N) is 1. The molecule has 1 heterocycles. The number of ketones is 1. The number of hydrogen-bond acceptors (Lipinski definition) is 5. The number of furan rings is 1. The van der Waals surface area contributed by atoms with E-state index in [-0.39, 0.29) is 37.1 Å². The number of carboxylic acid groups (broad SMARTS) is 1. The molecule has 0 amide bonds. The van der Waals surface area contributed by atoms with Crippen LogP contribution in [0.25, 0.3) is 0 Å². The standard InChI is InChI=1S/C12H18N2O4.2ClH/c13-9(12(16)17)4-1-2-6-14-8-10(15)11-5-3-7-18-11;;/h3,5,7,9,14H,1-2,4,6,8,13H2,(H,16,17);2*1H. The van der Waals surface area contributed by atoms with Crippen LogP contribution < -0.4 is 11.1 Å². The number of Topliss-reactive ketones (excluding diaryl/α,β-unsaturated/α-hetero) is 1. The second kappa shape index (κ2) is 11.7. The normalized spacial score (nSPS) is 11.1. The third kappa shape index (κ3) is 8.16. The van der Waals surface area contributed by atoms with Gasteiger partial charge in [-0.25, -0.2) is 0 Å². The molecule has 20 heavy (non-hydrogen) atoms. The Balaban J connectivity index is 0. The van der Waals surface area contributed by atoms with E-state index in [0.29, 0.717) is 18.7 Å². The van der Waals surface area contributed by atoms with Gasteiger partial charge in [-0.1, -0.05) is 6.42 Å². The number of hydrogen-bond donors (Lipinski definition) is 3. The van der Waals surface area contributed by atoms with Gasteiger partial charge in [0.05, 0.1) is 12.8 Å². The molecule has 1 unspecified atom stereocenters. The maximum absolute atomic E-state index is 11.5. The highest BCUT2D eigenvalue weighted by Gasteiger charge is 2.10. The first-order valence-corrected chi connectivity index (χ1v) is 5.87. The third-order valence-corrected chi connectivity index (χ3v) is 2.52. The van der Waals surface area contributed by atoms with Gasteiger partial charge in [0.2, 0.25) is 5.78 Å². The van der Waals surface area contributed by atoms with Gasteiger partial charge in [0.1, 0.15) is 6.04 Å². The van der Waals surface area contributed by atoms with E-state index in [2.05, 4.69) is 5.32 Å². The van der Waals surface area contributed by atoms with E-state index in [4.69, 9.17) is 15.3 Å². The van der Waals surface area contributed by atoms with Crippen molar-refractivity contribution in [2.75, 3.05) is 13.1 Å². The molecule has 0 aromatic carbocycles. The molecular weight excluding hydrogens is 307 g/mol. The molecule has 0 bridgehead atoms. The van der Waals surface area contributed by atoms with Crippen molar-refractivity contribution >= 4 is 36.6 Å². The maximum atomic E-state index is 11.5. The van der Waals surface area contributed by atoms with E-state index in [0.717, 1.165) is 12.8 Å². The highest BCUT2D eigenvalue weighted by Crippen LogP contribution is 2.01. The number of unbranched alkanes of at least 4 members (excludes halogenated alkanes) is 1. The van der Waals surface area contributed by atoms with Crippen LogP contribution in [0.15, 0.2) is 22.8 Å². The monoisotopic (exact) mass is 326 g/mol. The molecule has 0 aliphatic heterocycles. The summed E-state index contributed by atoms with van der Waals surface area (Å²) in [6, 6.07) is 2.49. The van der Waals surface area contributed by atoms with Crippen LogP contribution >= 0.6 is 24.8 Å². The van der Waals surface area contributed by atoms with Gasteiger partial charge in [-0.3, -0.25) is 9.59 Å². The van der Waals surface area contributed by atoms with Crippen molar-refractivity contribution in [1.29, 1.82) is 0 Å². The Morgan fingerprint density at radius 3 is 2.60 bits per heavy atom. The van der Waals surface area contributed by atoms with E-state index < -0.39 is 12.0 Å². The second-order valence-electron chi connectivity index (χ2n) is 4.02. The quantitative estimate of drug-likeness (QED) is 0.469. The molecule has 1 aromatic heterocycles. The summed E-state index contributed by atoms with van der Waals surface area (Å²) in [6.45, 7) is 0.872. The lowest BCUT2D eigenvalue weighted by Crippen LogP contribution is -2.30. The lowest BCUT2D eigenvalue weighted by molar-refractivity contribution is -0.138. The van der Waals surface area contributed by atoms with Gasteiger partial charge in [-0.15, -0.1) is 24.8 Å². The summed E-state index contributed by atoms with van der Waals surface area (Å²) in [4.78, 5) is 21.9. The van der Waals surface area contributed by atoms with Crippen molar-refractivity contribution in [2.24, 2.45) is 5.73 Å². The Labute approximate surface area is 129 Å². The fraction of sp³-hybridized carbons (Fsp3) is 0.500. The van der Waals surface area contributed by atoms with Crippen LogP contribution in [0.2, 0.25) is 0 Å². The van der Waals surface area contributed by atoms with Crippen LogP contribution in [0.1, 0.15) is 29.8 Å². The van der Waals surface area contributed by atoms with Crippen LogP contribution in [0.3, 0.4) is 0 Å². The van der Waals surface area contributed by atoms with Gasteiger partial charge in [0.25, 0.3) is 0 Å². The molecule has 1 rings (SSSR count). The van der Waals surface area contributed by atoms with E-state index in [1.165, 1.54) is 6.26 Å². The van der Waals surface area contributed by atoms with Gasteiger partial charge in [-0.05, 0) is 31.5 Å². The summed E-state index contributed by atoms with van der Waals surface area (Å²) in [6.07, 6.45) is 3.41. The average Bonchev–Trinajstić information content (AvgIpc) is 2.86. The Bertz CT molecular complexity index is 385. The predicted octanol–water partition coefficient (Wildman–Crippen LogP) is 1.48. The van der Waals surface area contributed by atoms with E-state index in [9.17, 15) is 9.59 Å². The van der Waals surface area contributed by atoms with Crippen molar-refractivity contribution < 1.29 is 19.1 Å². The summed E-state index contributed by atoms with van der Waals surface area (Å²) in [5, 5.41) is 11.5. The largest absolute Gasteiger partial charge is 0.480 e. The number of nitrogens with one attached hydrogen (secondary N) is 1. The molecule has 0 saturated heterocycles. The van der Waals surface area contributed by atoms with Gasteiger partial charge < -0.3 is 20.6 Å². The smallest absolute Gasteiger partial charge is 0.320 e. The summed E-state index contributed by atoms with van der Waals surface area (Å²) in [7, 11) is 0. The molecule has 1 aromatic rings. The van der Waals surface area contributed by atoms with Crippen LogP contribution in [0, 0.1) is 0 Å². The summed E-state index contributed by atoms with van der Waals surface area (Å²) >= 11 is 0. The first kappa shape index (κ1) is 21.2. The number of carboxylic acids is 1. The van der Waals surface area contributed by atoms with Crippen molar-refractivity contribution in [3.63, 3.8) is 0 Å². The molecule has 4 N–H and O–H groups in total. The fourth-order valence-electron chi connectivity index (χ4n) is 1.46. The maximum Gasteiger partial charge on any atom is 0.320 e. The summed E-state index contributed by atoms with van der Waals surface area (Å²) < 4.78 is 4.96. The molecule has 1 atom stereocenters. The first-order valence-electron chi connectivity index (χ1n) is 5.87. The lowest BCUT2D eigenvalue weighted by atomic mass is 10.1. The first-order chi connectivity index (χ1) is 8.61. The molecule has 0 fully saturated rings. The Hall–Kier alpha value is -1.08.